The molecule has 4 aromatic rings. The second kappa shape index (κ2) is 8.31. The van der Waals surface area contributed by atoms with Crippen LogP contribution < -0.4 is 9.80 Å². The van der Waals surface area contributed by atoms with Gasteiger partial charge in [-0.3, -0.25) is 9.59 Å². The van der Waals surface area contributed by atoms with E-state index in [4.69, 9.17) is 0 Å². The number of benzene rings is 4. The number of anilines is 2. The maximum absolute atomic E-state index is 13.9. The minimum Gasteiger partial charge on any atom is -0.307 e. The number of fused-ring (bicyclic) bond motifs is 2. The average Bonchev–Trinajstić information content (AvgIpc) is 3.31. The lowest BCUT2D eigenvalue weighted by atomic mass is 9.83. The molecule has 4 aromatic carbocycles. The number of para-hydroxylation sites is 2. The molecule has 0 saturated carbocycles. The fourth-order valence-corrected chi connectivity index (χ4v) is 5.33. The molecule has 34 heavy (non-hydrogen) atoms. The minimum atomic E-state index is -0.533. The van der Waals surface area contributed by atoms with Crippen LogP contribution in [-0.2, 0) is 22.7 Å². The highest BCUT2D eigenvalue weighted by Gasteiger charge is 2.50. The van der Waals surface area contributed by atoms with Gasteiger partial charge in [-0.05, 0) is 34.4 Å². The number of rotatable bonds is 5. The number of hydrogen-bond donors (Lipinski definition) is 0. The summed E-state index contributed by atoms with van der Waals surface area (Å²) in [5.41, 5.74) is 5.78. The number of carbonyl (C=O) groups excluding carboxylic acids is 2. The molecule has 2 aliphatic heterocycles. The molecule has 0 saturated heterocycles. The van der Waals surface area contributed by atoms with Crippen molar-refractivity contribution in [3.8, 4) is 0 Å². The standard InChI is InChI=1S/C30H24N2O2/c33-29-27(23-15-7-9-17-25(23)31(29)19-21-11-3-1-4-12-21)28-24-16-8-10-18-26(24)32(30(28)34)20-22-13-5-2-6-14-22/h1-18,27-28H,19-20H2. The van der Waals surface area contributed by atoms with Crippen LogP contribution in [0.15, 0.2) is 109 Å². The average molecular weight is 445 g/mol. The molecular weight excluding hydrogens is 420 g/mol. The zero-order chi connectivity index (χ0) is 23.1. The zero-order valence-corrected chi connectivity index (χ0v) is 18.7. The largest absolute Gasteiger partial charge is 0.307 e. The van der Waals surface area contributed by atoms with E-state index in [1.807, 2.05) is 119 Å². The Bertz CT molecular complexity index is 1260. The van der Waals surface area contributed by atoms with Gasteiger partial charge in [0.2, 0.25) is 11.8 Å². The van der Waals surface area contributed by atoms with Crippen molar-refractivity contribution >= 4 is 23.2 Å². The molecule has 0 radical (unpaired) electrons. The molecule has 4 heteroatoms. The summed E-state index contributed by atoms with van der Waals surface area (Å²) in [4.78, 5) is 31.5. The highest BCUT2D eigenvalue weighted by molar-refractivity contribution is 6.13. The number of hydrogen-bond acceptors (Lipinski definition) is 2. The molecule has 2 heterocycles. The number of nitrogens with zero attached hydrogens (tertiary/aromatic N) is 2. The highest BCUT2D eigenvalue weighted by atomic mass is 16.2. The third-order valence-corrected chi connectivity index (χ3v) is 6.89. The molecular formula is C30H24N2O2. The fraction of sp³-hybridized carbons (Fsp3) is 0.133. The smallest absolute Gasteiger partial charge is 0.236 e. The Balaban J connectivity index is 1.40. The van der Waals surface area contributed by atoms with Crippen LogP contribution in [0.3, 0.4) is 0 Å². The SMILES string of the molecule is O=C1C(C2C(=O)N(Cc3ccccc3)c3ccccc32)c2ccccc2N1Cc1ccccc1. The molecule has 0 fully saturated rings. The third-order valence-electron chi connectivity index (χ3n) is 6.89. The van der Waals surface area contributed by atoms with E-state index in [1.54, 1.807) is 0 Å². The van der Waals surface area contributed by atoms with Crippen molar-refractivity contribution in [1.82, 2.24) is 0 Å². The lowest BCUT2D eigenvalue weighted by Gasteiger charge is -2.21. The van der Waals surface area contributed by atoms with Crippen LogP contribution in [0, 0.1) is 0 Å². The number of amides is 2. The van der Waals surface area contributed by atoms with Crippen LogP contribution in [0.5, 0.6) is 0 Å². The van der Waals surface area contributed by atoms with E-state index in [9.17, 15) is 9.59 Å². The summed E-state index contributed by atoms with van der Waals surface area (Å²) >= 11 is 0. The van der Waals surface area contributed by atoms with Crippen LogP contribution in [0.4, 0.5) is 11.4 Å². The maximum atomic E-state index is 13.9. The first kappa shape index (κ1) is 20.4. The summed E-state index contributed by atoms with van der Waals surface area (Å²) in [6, 6.07) is 35.8. The molecule has 2 atom stereocenters. The first-order valence-corrected chi connectivity index (χ1v) is 11.6. The maximum Gasteiger partial charge on any atom is 0.236 e. The Labute approximate surface area is 199 Å². The van der Waals surface area contributed by atoms with Crippen molar-refractivity contribution in [2.75, 3.05) is 9.80 Å². The summed E-state index contributed by atoms with van der Waals surface area (Å²) in [6.45, 7) is 0.979. The first-order valence-electron chi connectivity index (χ1n) is 11.6. The van der Waals surface area contributed by atoms with Gasteiger partial charge in [0.1, 0.15) is 0 Å². The van der Waals surface area contributed by atoms with E-state index in [0.717, 1.165) is 33.6 Å². The monoisotopic (exact) mass is 444 g/mol. The van der Waals surface area contributed by atoms with Crippen molar-refractivity contribution in [2.45, 2.75) is 24.9 Å². The van der Waals surface area contributed by atoms with E-state index in [0.29, 0.717) is 13.1 Å². The second-order valence-electron chi connectivity index (χ2n) is 8.89. The molecule has 0 aliphatic carbocycles. The summed E-state index contributed by atoms with van der Waals surface area (Å²) in [7, 11) is 0. The summed E-state index contributed by atoms with van der Waals surface area (Å²) in [6.07, 6.45) is 0. The van der Waals surface area contributed by atoms with Crippen molar-refractivity contribution in [1.29, 1.82) is 0 Å². The fourth-order valence-electron chi connectivity index (χ4n) is 5.33. The quantitative estimate of drug-likeness (QED) is 0.399. The highest BCUT2D eigenvalue weighted by Crippen LogP contribution is 2.51. The van der Waals surface area contributed by atoms with Gasteiger partial charge in [-0.2, -0.15) is 0 Å². The molecule has 2 amide bonds. The lowest BCUT2D eigenvalue weighted by Crippen LogP contribution is -2.35. The van der Waals surface area contributed by atoms with E-state index in [-0.39, 0.29) is 11.8 Å². The normalized spacial score (nSPS) is 18.8. The van der Waals surface area contributed by atoms with Crippen molar-refractivity contribution in [3.63, 3.8) is 0 Å². The zero-order valence-electron chi connectivity index (χ0n) is 18.7. The van der Waals surface area contributed by atoms with Gasteiger partial charge in [0, 0.05) is 11.4 Å². The second-order valence-corrected chi connectivity index (χ2v) is 8.89. The van der Waals surface area contributed by atoms with Gasteiger partial charge in [-0.1, -0.05) is 97.1 Å². The predicted molar refractivity (Wildman–Crippen MR) is 134 cm³/mol. The van der Waals surface area contributed by atoms with Gasteiger partial charge in [0.05, 0.1) is 24.9 Å². The molecule has 4 nitrogen and oxygen atoms in total. The van der Waals surface area contributed by atoms with Gasteiger partial charge < -0.3 is 9.80 Å². The van der Waals surface area contributed by atoms with Gasteiger partial charge >= 0.3 is 0 Å². The van der Waals surface area contributed by atoms with Gasteiger partial charge in [0.25, 0.3) is 0 Å². The summed E-state index contributed by atoms with van der Waals surface area (Å²) < 4.78 is 0. The van der Waals surface area contributed by atoms with Crippen molar-refractivity contribution in [2.24, 2.45) is 0 Å². The van der Waals surface area contributed by atoms with Crippen LogP contribution >= 0.6 is 0 Å². The van der Waals surface area contributed by atoms with E-state index >= 15 is 0 Å². The van der Waals surface area contributed by atoms with Crippen molar-refractivity contribution < 1.29 is 9.59 Å². The molecule has 2 aliphatic rings. The number of carbonyl (C=O) groups is 2. The van der Waals surface area contributed by atoms with Crippen LogP contribution in [0.2, 0.25) is 0 Å². The summed E-state index contributed by atoms with van der Waals surface area (Å²) in [5, 5.41) is 0. The Hall–Kier alpha value is -4.18. The molecule has 0 N–H and O–H groups in total. The van der Waals surface area contributed by atoms with Crippen LogP contribution in [0.1, 0.15) is 34.1 Å². The predicted octanol–water partition coefficient (Wildman–Crippen LogP) is 5.65. The van der Waals surface area contributed by atoms with Gasteiger partial charge in [-0.15, -0.1) is 0 Å². The van der Waals surface area contributed by atoms with E-state index in [1.165, 1.54) is 0 Å². The Morgan fingerprint density at radius 2 is 0.824 bits per heavy atom. The molecule has 0 spiro atoms. The lowest BCUT2D eigenvalue weighted by molar-refractivity contribution is -0.125. The molecule has 166 valence electrons. The topological polar surface area (TPSA) is 40.6 Å². The Morgan fingerprint density at radius 3 is 1.24 bits per heavy atom. The van der Waals surface area contributed by atoms with Crippen LogP contribution in [-0.4, -0.2) is 11.8 Å². The summed E-state index contributed by atoms with van der Waals surface area (Å²) in [5.74, 6) is -1.09. The Kier molecular flexibility index (Phi) is 4.99. The van der Waals surface area contributed by atoms with Crippen molar-refractivity contribution in [3.05, 3.63) is 131 Å². The van der Waals surface area contributed by atoms with E-state index < -0.39 is 11.8 Å². The van der Waals surface area contributed by atoms with Gasteiger partial charge in [-0.25, -0.2) is 0 Å². The molecule has 0 bridgehead atoms. The molecule has 2 unspecified atom stereocenters. The third kappa shape index (κ3) is 3.30. The molecule has 6 rings (SSSR count). The molecule has 0 aromatic heterocycles. The van der Waals surface area contributed by atoms with Gasteiger partial charge in [0.15, 0.2) is 0 Å². The first-order chi connectivity index (χ1) is 16.7. The minimum absolute atomic E-state index is 0.0141. The van der Waals surface area contributed by atoms with E-state index in [2.05, 4.69) is 0 Å². The Morgan fingerprint density at radius 1 is 0.471 bits per heavy atom. The van der Waals surface area contributed by atoms with Crippen LogP contribution in [0.25, 0.3) is 0 Å².